The van der Waals surface area contributed by atoms with E-state index in [0.29, 0.717) is 45.9 Å². The third kappa shape index (κ3) is 5.37. The summed E-state index contributed by atoms with van der Waals surface area (Å²) in [4.78, 5) is 40.2. The van der Waals surface area contributed by atoms with Gasteiger partial charge in [-0.1, -0.05) is 82.6 Å². The number of nitrogens with one attached hydrogen (secondary N) is 1. The van der Waals surface area contributed by atoms with E-state index >= 15 is 0 Å². The Hall–Kier alpha value is -3.58. The Morgan fingerprint density at radius 2 is 1.69 bits per heavy atom. The number of aromatic carboxylic acids is 1. The van der Waals surface area contributed by atoms with Crippen LogP contribution >= 0.6 is 11.6 Å². The average Bonchev–Trinajstić information content (AvgIpc) is 3.49. The third-order valence-corrected chi connectivity index (χ3v) is 16.9. The molecule has 2 amide bonds. The number of nitrogens with zero attached hydrogens (tertiary/aromatic N) is 1. The SMILES string of the molecule is C=C(C)[C@@H]1CC[C@]2(NC(=O)CN3C(=O)OCc4ccc(Cl)cc43)CC[C@]3(C)[C@H](CCC4[C@@]5(C)CC=C(c6ccc(C(=O)O)cc6)C(C)(C)C5CC[C@]43C)C12. The molecular weight excluding hydrogens is 696 g/mol. The van der Waals surface area contributed by atoms with Crippen molar-refractivity contribution in [1.82, 2.24) is 5.32 Å². The summed E-state index contributed by atoms with van der Waals surface area (Å²) in [7, 11) is 0. The molecule has 6 aliphatic rings. The summed E-state index contributed by atoms with van der Waals surface area (Å²) >= 11 is 6.34. The van der Waals surface area contributed by atoms with Crippen LogP contribution < -0.4 is 10.2 Å². The number of carboxylic acid groups (broad SMARTS) is 1. The summed E-state index contributed by atoms with van der Waals surface area (Å²) in [5.74, 6) is 1.13. The number of benzene rings is 2. The number of amides is 2. The van der Waals surface area contributed by atoms with E-state index in [0.717, 1.165) is 56.1 Å². The first-order valence-electron chi connectivity index (χ1n) is 20.2. The van der Waals surface area contributed by atoms with Gasteiger partial charge in [-0.2, -0.15) is 0 Å². The van der Waals surface area contributed by atoms with Crippen molar-refractivity contribution in [3.8, 4) is 0 Å². The highest BCUT2D eigenvalue weighted by Crippen LogP contribution is 2.76. The fourth-order valence-corrected chi connectivity index (χ4v) is 14.3. The van der Waals surface area contributed by atoms with E-state index in [1.165, 1.54) is 28.9 Å². The van der Waals surface area contributed by atoms with Crippen molar-refractivity contribution >= 4 is 40.8 Å². The summed E-state index contributed by atoms with van der Waals surface area (Å²) in [6.45, 7) is 19.5. The van der Waals surface area contributed by atoms with Crippen LogP contribution in [0.3, 0.4) is 0 Å². The van der Waals surface area contributed by atoms with Gasteiger partial charge in [-0.25, -0.2) is 9.59 Å². The molecule has 1 aliphatic heterocycles. The van der Waals surface area contributed by atoms with Gasteiger partial charge in [0.15, 0.2) is 0 Å². The van der Waals surface area contributed by atoms with Crippen LogP contribution in [-0.4, -0.2) is 35.2 Å². The summed E-state index contributed by atoms with van der Waals surface area (Å²) in [6, 6.07) is 12.9. The lowest BCUT2D eigenvalue weighted by atomic mass is 9.33. The topological polar surface area (TPSA) is 95.9 Å². The predicted molar refractivity (Wildman–Crippen MR) is 213 cm³/mol. The number of carbonyl (C=O) groups is 3. The number of ether oxygens (including phenoxy) is 1. The molecule has 2 aromatic carbocycles. The Morgan fingerprint density at radius 3 is 2.39 bits per heavy atom. The van der Waals surface area contributed by atoms with Gasteiger partial charge in [0, 0.05) is 16.1 Å². The summed E-state index contributed by atoms with van der Waals surface area (Å²) in [5, 5.41) is 13.6. The van der Waals surface area contributed by atoms with E-state index in [1.807, 2.05) is 18.2 Å². The van der Waals surface area contributed by atoms with Gasteiger partial charge in [0.1, 0.15) is 13.2 Å². The first kappa shape index (κ1) is 37.3. The Balaban J connectivity index is 1.08. The molecule has 5 aliphatic carbocycles. The summed E-state index contributed by atoms with van der Waals surface area (Å²) in [5.41, 5.74) is 5.52. The number of hydrogen-bond donors (Lipinski definition) is 2. The Bertz CT molecular complexity index is 1950. The molecule has 4 saturated carbocycles. The number of rotatable bonds is 6. The second kappa shape index (κ2) is 12.7. The number of fused-ring (bicyclic) bond motifs is 8. The van der Waals surface area contributed by atoms with E-state index in [-0.39, 0.29) is 46.3 Å². The van der Waals surface area contributed by atoms with Crippen LogP contribution in [0, 0.1) is 51.2 Å². The van der Waals surface area contributed by atoms with Gasteiger partial charge in [-0.05, 0) is 151 Å². The zero-order valence-corrected chi connectivity index (χ0v) is 33.7. The van der Waals surface area contributed by atoms with Crippen molar-refractivity contribution in [1.29, 1.82) is 0 Å². The lowest BCUT2D eigenvalue weighted by molar-refractivity contribution is -0.219. The van der Waals surface area contributed by atoms with Gasteiger partial charge in [-0.15, -0.1) is 0 Å². The highest BCUT2D eigenvalue weighted by atomic mass is 35.5. The molecule has 0 aromatic heterocycles. The first-order chi connectivity index (χ1) is 25.4. The van der Waals surface area contributed by atoms with Crippen molar-refractivity contribution in [3.63, 3.8) is 0 Å². The van der Waals surface area contributed by atoms with Gasteiger partial charge in [0.25, 0.3) is 0 Å². The fourth-order valence-electron chi connectivity index (χ4n) is 14.1. The van der Waals surface area contributed by atoms with Gasteiger partial charge in [0.05, 0.1) is 11.3 Å². The Kier molecular flexibility index (Phi) is 8.80. The third-order valence-electron chi connectivity index (χ3n) is 16.7. The number of carbonyl (C=O) groups excluding carboxylic acids is 2. The minimum atomic E-state index is -0.892. The van der Waals surface area contributed by atoms with E-state index in [1.54, 1.807) is 24.3 Å². The zero-order chi connectivity index (χ0) is 38.6. The highest BCUT2D eigenvalue weighted by Gasteiger charge is 2.70. The number of allylic oxidation sites excluding steroid dienone is 3. The van der Waals surface area contributed by atoms with Gasteiger partial charge >= 0.3 is 12.1 Å². The smallest absolute Gasteiger partial charge is 0.415 e. The van der Waals surface area contributed by atoms with Gasteiger partial charge in [0.2, 0.25) is 5.91 Å². The molecule has 0 saturated heterocycles. The van der Waals surface area contributed by atoms with Crippen LogP contribution in [0.2, 0.25) is 5.02 Å². The molecule has 0 spiro atoms. The molecule has 2 aromatic rings. The maximum atomic E-state index is 14.2. The van der Waals surface area contributed by atoms with Crippen molar-refractivity contribution < 1.29 is 24.2 Å². The molecule has 0 radical (unpaired) electrons. The Labute approximate surface area is 325 Å². The lowest BCUT2D eigenvalue weighted by Gasteiger charge is -2.72. The lowest BCUT2D eigenvalue weighted by Crippen LogP contribution is -2.68. The van der Waals surface area contributed by atoms with Crippen LogP contribution in [0.5, 0.6) is 0 Å². The largest absolute Gasteiger partial charge is 0.478 e. The van der Waals surface area contributed by atoms with E-state index < -0.39 is 12.1 Å². The van der Waals surface area contributed by atoms with E-state index in [4.69, 9.17) is 16.3 Å². The predicted octanol–water partition coefficient (Wildman–Crippen LogP) is 10.7. The molecule has 0 bridgehead atoms. The minimum Gasteiger partial charge on any atom is -0.478 e. The van der Waals surface area contributed by atoms with Crippen molar-refractivity contribution in [2.24, 2.45) is 51.2 Å². The van der Waals surface area contributed by atoms with E-state index in [2.05, 4.69) is 59.5 Å². The molecule has 54 heavy (non-hydrogen) atoms. The van der Waals surface area contributed by atoms with E-state index in [9.17, 15) is 19.5 Å². The van der Waals surface area contributed by atoms with Gasteiger partial charge in [-0.3, -0.25) is 9.69 Å². The van der Waals surface area contributed by atoms with Crippen molar-refractivity contribution in [2.75, 3.05) is 11.4 Å². The molecule has 8 heteroatoms. The van der Waals surface area contributed by atoms with Crippen LogP contribution in [-0.2, 0) is 16.1 Å². The molecule has 9 atom stereocenters. The molecule has 4 fully saturated rings. The van der Waals surface area contributed by atoms with Crippen LogP contribution in [0.1, 0.15) is 121 Å². The van der Waals surface area contributed by atoms with Crippen LogP contribution in [0.25, 0.3) is 5.57 Å². The molecule has 2 N–H and O–H groups in total. The minimum absolute atomic E-state index is 0.0497. The maximum absolute atomic E-state index is 14.2. The molecule has 1 heterocycles. The number of hydrogen-bond acceptors (Lipinski definition) is 4. The quantitative estimate of drug-likeness (QED) is 0.286. The molecule has 7 nitrogen and oxygen atoms in total. The average molecular weight is 753 g/mol. The van der Waals surface area contributed by atoms with Crippen molar-refractivity contribution in [3.05, 3.63) is 82.4 Å². The zero-order valence-electron chi connectivity index (χ0n) is 32.9. The molecular formula is C46H57ClN2O5. The number of anilines is 1. The monoisotopic (exact) mass is 752 g/mol. The maximum Gasteiger partial charge on any atom is 0.415 e. The van der Waals surface area contributed by atoms with Crippen LogP contribution in [0.15, 0.2) is 60.7 Å². The molecule has 3 unspecified atom stereocenters. The first-order valence-corrected chi connectivity index (χ1v) is 20.6. The second-order valence-corrected chi connectivity index (χ2v) is 19.7. The molecule has 288 valence electrons. The highest BCUT2D eigenvalue weighted by molar-refractivity contribution is 6.31. The number of cyclic esters (lactones) is 1. The van der Waals surface area contributed by atoms with Gasteiger partial charge < -0.3 is 15.2 Å². The summed E-state index contributed by atoms with van der Waals surface area (Å²) in [6.07, 6.45) is 11.6. The molecule has 8 rings (SSSR count). The van der Waals surface area contributed by atoms with Crippen LogP contribution in [0.4, 0.5) is 10.5 Å². The van der Waals surface area contributed by atoms with Crippen molar-refractivity contribution in [2.45, 2.75) is 111 Å². The number of carboxylic acids is 1. The standard InChI is InChI=1S/C46H57ClN2O5/c1-27(2)32-16-21-46(48-38(50)25-49-35-24-31(47)13-12-30(35)26-54-41(49)53)23-22-44(6)34(39(32)46)14-15-37-43(5)19-17-33(28-8-10-29(11-9-28)40(51)52)42(3,4)36(43)18-20-45(37,44)7/h8-13,17,24,32,34,36-37,39H,1,14-16,18-23,25-26H2,2-7H3,(H,48,50)(H,51,52)/t32-,34+,36?,37?,39?,43-,44+,45+,46-/m0/s1. The normalized spacial score (nSPS) is 37.7. The number of halogens is 1. The second-order valence-electron chi connectivity index (χ2n) is 19.2. The fraction of sp³-hybridized carbons (Fsp3) is 0.587. The Morgan fingerprint density at radius 1 is 0.944 bits per heavy atom. The summed E-state index contributed by atoms with van der Waals surface area (Å²) < 4.78 is 5.45.